The van der Waals surface area contributed by atoms with Gasteiger partial charge in [0.2, 0.25) is 0 Å². The molecule has 0 atom stereocenters. The minimum absolute atomic E-state index is 0.934. The first-order valence-corrected chi connectivity index (χ1v) is 5.81. The van der Waals surface area contributed by atoms with E-state index in [2.05, 4.69) is 39.4 Å². The lowest BCUT2D eigenvalue weighted by Gasteiger charge is -2.09. The van der Waals surface area contributed by atoms with Gasteiger partial charge in [-0.3, -0.25) is 0 Å². The Morgan fingerprint density at radius 1 is 1.69 bits per heavy atom. The van der Waals surface area contributed by atoms with Crippen molar-refractivity contribution in [1.29, 1.82) is 0 Å². The lowest BCUT2D eigenvalue weighted by molar-refractivity contribution is 0.375. The van der Waals surface area contributed by atoms with E-state index in [0.29, 0.717) is 0 Å². The van der Waals surface area contributed by atoms with Gasteiger partial charge in [-0.25, -0.2) is 0 Å². The Balaban J connectivity index is 2.78. The van der Waals surface area contributed by atoms with Gasteiger partial charge in [0.05, 0.1) is 10.6 Å². The highest BCUT2D eigenvalue weighted by molar-refractivity contribution is 9.10. The van der Waals surface area contributed by atoms with Crippen molar-refractivity contribution in [3.8, 4) is 0 Å². The van der Waals surface area contributed by atoms with Gasteiger partial charge in [0.1, 0.15) is 0 Å². The van der Waals surface area contributed by atoms with Crippen LogP contribution in [0.2, 0.25) is 0 Å². The topological polar surface area (TPSA) is 15.6 Å². The summed E-state index contributed by atoms with van der Waals surface area (Å²) in [5.74, 6) is 0. The summed E-state index contributed by atoms with van der Waals surface area (Å²) in [6, 6.07) is 2.09. The van der Waals surface area contributed by atoms with Crippen LogP contribution in [0.3, 0.4) is 0 Å². The average Bonchev–Trinajstić information content (AvgIpc) is 2.51. The summed E-state index contributed by atoms with van der Waals surface area (Å²) >= 11 is 5.13. The second kappa shape index (κ2) is 4.77. The third-order valence-electron chi connectivity index (χ3n) is 1.70. The smallest absolute Gasteiger partial charge is 0.0746 e. The molecule has 1 aromatic rings. The molecule has 0 unspecified atom stereocenters. The second-order valence-electron chi connectivity index (χ2n) is 2.79. The minimum atomic E-state index is 0.934. The van der Waals surface area contributed by atoms with E-state index in [1.807, 2.05) is 19.0 Å². The number of hydrogen-bond donors (Lipinski definition) is 0. The first kappa shape index (κ1) is 10.7. The quantitative estimate of drug-likeness (QED) is 0.602. The SMILES string of the molecule is CCN(C)/N=C(\C)c1cc(Br)cs1. The van der Waals surface area contributed by atoms with Gasteiger partial charge in [-0.1, -0.05) is 0 Å². The van der Waals surface area contributed by atoms with Gasteiger partial charge in [-0.15, -0.1) is 11.3 Å². The monoisotopic (exact) mass is 260 g/mol. The molecule has 1 rings (SSSR count). The van der Waals surface area contributed by atoms with Crippen molar-refractivity contribution in [2.75, 3.05) is 13.6 Å². The molecule has 72 valence electrons. The van der Waals surface area contributed by atoms with Crippen LogP contribution in [0, 0.1) is 0 Å². The van der Waals surface area contributed by atoms with Crippen molar-refractivity contribution in [1.82, 2.24) is 5.01 Å². The van der Waals surface area contributed by atoms with Crippen LogP contribution in [-0.4, -0.2) is 24.3 Å². The molecule has 13 heavy (non-hydrogen) atoms. The van der Waals surface area contributed by atoms with Crippen LogP contribution in [0.25, 0.3) is 0 Å². The lowest BCUT2D eigenvalue weighted by Crippen LogP contribution is -2.12. The normalized spacial score (nSPS) is 11.8. The number of rotatable bonds is 3. The van der Waals surface area contributed by atoms with E-state index in [0.717, 1.165) is 16.7 Å². The molecular weight excluding hydrogens is 248 g/mol. The standard InChI is InChI=1S/C9H13BrN2S/c1-4-12(3)11-7(2)9-5-8(10)6-13-9/h5-6H,4H2,1-3H3/b11-7+. The fraction of sp³-hybridized carbons (Fsp3) is 0.444. The number of nitrogens with zero attached hydrogens (tertiary/aromatic N) is 2. The Hall–Kier alpha value is -0.350. The van der Waals surface area contributed by atoms with Gasteiger partial charge in [-0.2, -0.15) is 5.10 Å². The molecular formula is C9H13BrN2S. The van der Waals surface area contributed by atoms with Crippen molar-refractivity contribution in [3.63, 3.8) is 0 Å². The third kappa shape index (κ3) is 3.12. The van der Waals surface area contributed by atoms with Crippen LogP contribution in [0.5, 0.6) is 0 Å². The summed E-state index contributed by atoms with van der Waals surface area (Å²) < 4.78 is 1.13. The molecule has 0 saturated carbocycles. The van der Waals surface area contributed by atoms with Gasteiger partial charge < -0.3 is 5.01 Å². The van der Waals surface area contributed by atoms with Crippen LogP contribution in [0.15, 0.2) is 21.0 Å². The fourth-order valence-corrected chi connectivity index (χ4v) is 2.25. The molecule has 0 amide bonds. The molecule has 1 aromatic heterocycles. The molecule has 0 bridgehead atoms. The van der Waals surface area contributed by atoms with Gasteiger partial charge in [0.15, 0.2) is 0 Å². The molecule has 0 aliphatic carbocycles. The van der Waals surface area contributed by atoms with Gasteiger partial charge in [0.25, 0.3) is 0 Å². The summed E-state index contributed by atoms with van der Waals surface area (Å²) in [6.45, 7) is 5.05. The Morgan fingerprint density at radius 3 is 2.85 bits per heavy atom. The van der Waals surface area contributed by atoms with Crippen LogP contribution in [-0.2, 0) is 0 Å². The van der Waals surface area contributed by atoms with Crippen molar-refractivity contribution >= 4 is 33.0 Å². The Kier molecular flexibility index (Phi) is 3.93. The maximum atomic E-state index is 4.42. The molecule has 1 heterocycles. The summed E-state index contributed by atoms with van der Waals surface area (Å²) in [5, 5.41) is 8.42. The Labute approximate surface area is 91.4 Å². The molecule has 0 aromatic carbocycles. The second-order valence-corrected chi connectivity index (χ2v) is 4.62. The summed E-state index contributed by atoms with van der Waals surface area (Å²) in [7, 11) is 1.98. The maximum Gasteiger partial charge on any atom is 0.0746 e. The highest BCUT2D eigenvalue weighted by Crippen LogP contribution is 2.20. The predicted molar refractivity (Wildman–Crippen MR) is 62.5 cm³/mol. The van der Waals surface area contributed by atoms with E-state index in [4.69, 9.17) is 0 Å². The Bertz CT molecular complexity index is 306. The van der Waals surface area contributed by atoms with Crippen molar-refractivity contribution in [2.45, 2.75) is 13.8 Å². The van der Waals surface area contributed by atoms with Crippen LogP contribution in [0.1, 0.15) is 18.7 Å². The highest BCUT2D eigenvalue weighted by Gasteiger charge is 2.01. The number of halogens is 1. The zero-order valence-corrected chi connectivity index (χ0v) is 10.4. The summed E-state index contributed by atoms with van der Waals surface area (Å²) in [6.07, 6.45) is 0. The molecule has 4 heteroatoms. The fourth-order valence-electron chi connectivity index (χ4n) is 0.879. The Morgan fingerprint density at radius 2 is 2.38 bits per heavy atom. The van der Waals surface area contributed by atoms with Crippen LogP contribution < -0.4 is 0 Å². The zero-order chi connectivity index (χ0) is 9.84. The van der Waals surface area contributed by atoms with E-state index in [9.17, 15) is 0 Å². The van der Waals surface area contributed by atoms with E-state index >= 15 is 0 Å². The van der Waals surface area contributed by atoms with Gasteiger partial charge in [0, 0.05) is 23.4 Å². The number of hydrazone groups is 1. The average molecular weight is 261 g/mol. The van der Waals surface area contributed by atoms with E-state index in [1.54, 1.807) is 11.3 Å². The summed E-state index contributed by atoms with van der Waals surface area (Å²) in [5.41, 5.74) is 1.07. The number of hydrogen-bond acceptors (Lipinski definition) is 3. The first-order chi connectivity index (χ1) is 6.13. The van der Waals surface area contributed by atoms with E-state index in [1.165, 1.54) is 4.88 Å². The highest BCUT2D eigenvalue weighted by atomic mass is 79.9. The molecule has 0 N–H and O–H groups in total. The predicted octanol–water partition coefficient (Wildman–Crippen LogP) is 3.19. The number of thiophene rings is 1. The van der Waals surface area contributed by atoms with Crippen LogP contribution in [0.4, 0.5) is 0 Å². The molecule has 2 nitrogen and oxygen atoms in total. The lowest BCUT2D eigenvalue weighted by atomic mass is 10.3. The first-order valence-electron chi connectivity index (χ1n) is 4.14. The molecule has 0 fully saturated rings. The van der Waals surface area contributed by atoms with Gasteiger partial charge in [-0.05, 0) is 35.8 Å². The van der Waals surface area contributed by atoms with Gasteiger partial charge >= 0.3 is 0 Å². The zero-order valence-electron chi connectivity index (χ0n) is 8.04. The van der Waals surface area contributed by atoms with E-state index < -0.39 is 0 Å². The van der Waals surface area contributed by atoms with Crippen molar-refractivity contribution < 1.29 is 0 Å². The van der Waals surface area contributed by atoms with Crippen molar-refractivity contribution in [2.24, 2.45) is 5.10 Å². The molecule has 0 radical (unpaired) electrons. The molecule has 0 aliphatic rings. The maximum absolute atomic E-state index is 4.42. The third-order valence-corrected chi connectivity index (χ3v) is 3.50. The minimum Gasteiger partial charge on any atom is -0.300 e. The van der Waals surface area contributed by atoms with Crippen molar-refractivity contribution in [3.05, 3.63) is 20.8 Å². The van der Waals surface area contributed by atoms with Crippen LogP contribution >= 0.6 is 27.3 Å². The molecule has 0 saturated heterocycles. The largest absolute Gasteiger partial charge is 0.300 e. The molecule has 0 aliphatic heterocycles. The van der Waals surface area contributed by atoms with E-state index in [-0.39, 0.29) is 0 Å². The molecule has 0 spiro atoms. The summed E-state index contributed by atoms with van der Waals surface area (Å²) in [4.78, 5) is 1.21.